The van der Waals surface area contributed by atoms with E-state index in [0.29, 0.717) is 5.69 Å². The van der Waals surface area contributed by atoms with Crippen molar-refractivity contribution in [1.82, 2.24) is 4.98 Å². The molecular formula is C11H12N2O3S2. The SMILES string of the molecule is CCc1ccc(S(=O)(=O)Nc2ccc(=O)[nH]c2)s1. The number of aromatic nitrogens is 1. The van der Waals surface area contributed by atoms with Crippen molar-refractivity contribution in [2.75, 3.05) is 4.72 Å². The van der Waals surface area contributed by atoms with E-state index in [2.05, 4.69) is 9.71 Å². The molecule has 0 aromatic carbocycles. The predicted octanol–water partition coefficient (Wildman–Crippen LogP) is 1.80. The van der Waals surface area contributed by atoms with Gasteiger partial charge in [-0.15, -0.1) is 11.3 Å². The van der Waals surface area contributed by atoms with Crippen LogP contribution in [0, 0.1) is 0 Å². The Morgan fingerprint density at radius 2 is 2.06 bits per heavy atom. The molecule has 96 valence electrons. The molecule has 7 heteroatoms. The Balaban J connectivity index is 2.26. The first kappa shape index (κ1) is 12.8. The quantitative estimate of drug-likeness (QED) is 0.898. The number of sulfonamides is 1. The molecule has 0 aliphatic rings. The van der Waals surface area contributed by atoms with Crippen LogP contribution in [0.1, 0.15) is 11.8 Å². The fourth-order valence-corrected chi connectivity index (χ4v) is 3.72. The lowest BCUT2D eigenvalue weighted by Gasteiger charge is -2.04. The molecule has 0 spiro atoms. The maximum Gasteiger partial charge on any atom is 0.271 e. The molecule has 2 rings (SSSR count). The van der Waals surface area contributed by atoms with Crippen LogP contribution >= 0.6 is 11.3 Å². The molecule has 0 saturated carbocycles. The van der Waals surface area contributed by atoms with Gasteiger partial charge in [-0.1, -0.05) is 6.92 Å². The van der Waals surface area contributed by atoms with Crippen LogP contribution in [0.5, 0.6) is 0 Å². The van der Waals surface area contributed by atoms with Crippen molar-refractivity contribution in [1.29, 1.82) is 0 Å². The molecule has 0 amide bonds. The zero-order chi connectivity index (χ0) is 13.2. The van der Waals surface area contributed by atoms with E-state index in [1.54, 1.807) is 12.1 Å². The highest BCUT2D eigenvalue weighted by atomic mass is 32.2. The third-order valence-electron chi connectivity index (χ3n) is 2.29. The summed E-state index contributed by atoms with van der Waals surface area (Å²) in [6.45, 7) is 1.97. The molecular weight excluding hydrogens is 272 g/mol. The van der Waals surface area contributed by atoms with E-state index in [4.69, 9.17) is 0 Å². The van der Waals surface area contributed by atoms with Gasteiger partial charge in [0.25, 0.3) is 10.0 Å². The molecule has 0 aliphatic carbocycles. The van der Waals surface area contributed by atoms with Crippen molar-refractivity contribution < 1.29 is 8.42 Å². The van der Waals surface area contributed by atoms with Crippen molar-refractivity contribution >= 4 is 27.0 Å². The van der Waals surface area contributed by atoms with Crippen molar-refractivity contribution in [2.45, 2.75) is 17.6 Å². The number of nitrogens with one attached hydrogen (secondary N) is 2. The number of H-pyrrole nitrogens is 1. The Hall–Kier alpha value is -1.60. The summed E-state index contributed by atoms with van der Waals surface area (Å²) in [7, 11) is -3.57. The molecule has 0 atom stereocenters. The van der Waals surface area contributed by atoms with Gasteiger partial charge >= 0.3 is 0 Å². The number of hydrogen-bond donors (Lipinski definition) is 2. The van der Waals surface area contributed by atoms with Gasteiger partial charge in [0.15, 0.2) is 0 Å². The van der Waals surface area contributed by atoms with Gasteiger partial charge in [-0.2, -0.15) is 0 Å². The molecule has 0 fully saturated rings. The van der Waals surface area contributed by atoms with E-state index in [0.717, 1.165) is 11.3 Å². The number of rotatable bonds is 4. The molecule has 0 saturated heterocycles. The third kappa shape index (κ3) is 2.80. The number of thiophene rings is 1. The van der Waals surface area contributed by atoms with Gasteiger partial charge in [-0.3, -0.25) is 9.52 Å². The largest absolute Gasteiger partial charge is 0.327 e. The number of aryl methyl sites for hydroxylation is 1. The molecule has 0 aliphatic heterocycles. The van der Waals surface area contributed by atoms with Gasteiger partial charge < -0.3 is 4.98 Å². The Labute approximate surface area is 109 Å². The maximum absolute atomic E-state index is 12.0. The topological polar surface area (TPSA) is 79.0 Å². The summed E-state index contributed by atoms with van der Waals surface area (Å²) in [5.74, 6) is 0. The highest BCUT2D eigenvalue weighted by Crippen LogP contribution is 2.23. The van der Waals surface area contributed by atoms with Crippen LogP contribution in [0.4, 0.5) is 5.69 Å². The minimum atomic E-state index is -3.57. The van der Waals surface area contributed by atoms with Crippen LogP contribution in [0.25, 0.3) is 0 Å². The van der Waals surface area contributed by atoms with Gasteiger partial charge in [-0.25, -0.2) is 8.42 Å². The van der Waals surface area contributed by atoms with Crippen molar-refractivity contribution in [3.05, 3.63) is 45.7 Å². The molecule has 18 heavy (non-hydrogen) atoms. The lowest BCUT2D eigenvalue weighted by Crippen LogP contribution is -2.13. The number of aromatic amines is 1. The number of pyridine rings is 1. The fraction of sp³-hybridized carbons (Fsp3) is 0.182. The van der Waals surface area contributed by atoms with Crippen molar-refractivity contribution in [3.8, 4) is 0 Å². The normalized spacial score (nSPS) is 11.4. The van der Waals surface area contributed by atoms with Crippen LogP contribution in [-0.2, 0) is 16.4 Å². The average Bonchev–Trinajstić information content (AvgIpc) is 2.81. The number of anilines is 1. The second-order valence-electron chi connectivity index (χ2n) is 3.62. The van der Waals surface area contributed by atoms with E-state index in [1.165, 1.54) is 29.7 Å². The highest BCUT2D eigenvalue weighted by molar-refractivity contribution is 7.94. The summed E-state index contributed by atoms with van der Waals surface area (Å²) in [5.41, 5.74) is 0.0587. The van der Waals surface area contributed by atoms with E-state index in [9.17, 15) is 13.2 Å². The third-order valence-corrected chi connectivity index (χ3v) is 5.39. The first-order valence-electron chi connectivity index (χ1n) is 5.31. The summed E-state index contributed by atoms with van der Waals surface area (Å²) in [4.78, 5) is 14.3. The van der Waals surface area contributed by atoms with Gasteiger partial charge in [0.1, 0.15) is 4.21 Å². The molecule has 0 unspecified atom stereocenters. The van der Waals surface area contributed by atoms with E-state index >= 15 is 0 Å². The standard InChI is InChI=1S/C11H12N2O3S2/c1-2-9-4-6-11(17-9)18(15,16)13-8-3-5-10(14)12-7-8/h3-7,13H,2H2,1H3,(H,12,14). The Morgan fingerprint density at radius 3 is 2.61 bits per heavy atom. The first-order valence-corrected chi connectivity index (χ1v) is 7.61. The summed E-state index contributed by atoms with van der Waals surface area (Å²) < 4.78 is 26.7. The van der Waals surface area contributed by atoms with Crippen molar-refractivity contribution in [2.24, 2.45) is 0 Å². The van der Waals surface area contributed by atoms with E-state index in [-0.39, 0.29) is 9.77 Å². The fourth-order valence-electron chi connectivity index (χ4n) is 1.37. The molecule has 2 aromatic rings. The smallest absolute Gasteiger partial charge is 0.271 e. The van der Waals surface area contributed by atoms with Crippen LogP contribution in [0.2, 0.25) is 0 Å². The summed E-state index contributed by atoms with van der Waals surface area (Å²) in [6, 6.07) is 6.07. The molecule has 5 nitrogen and oxygen atoms in total. The second-order valence-corrected chi connectivity index (χ2v) is 6.70. The highest BCUT2D eigenvalue weighted by Gasteiger charge is 2.16. The van der Waals surface area contributed by atoms with Gasteiger partial charge in [-0.05, 0) is 24.6 Å². The summed E-state index contributed by atoms with van der Waals surface area (Å²) >= 11 is 1.24. The molecule has 0 radical (unpaired) electrons. The van der Waals surface area contributed by atoms with Crippen LogP contribution in [-0.4, -0.2) is 13.4 Å². The van der Waals surface area contributed by atoms with Crippen molar-refractivity contribution in [3.63, 3.8) is 0 Å². The molecule has 2 N–H and O–H groups in total. The van der Waals surface area contributed by atoms with Gasteiger partial charge in [0.2, 0.25) is 5.56 Å². The lowest BCUT2D eigenvalue weighted by atomic mass is 10.4. The second kappa shape index (κ2) is 4.95. The predicted molar refractivity (Wildman–Crippen MR) is 71.6 cm³/mol. The minimum absolute atomic E-state index is 0.269. The minimum Gasteiger partial charge on any atom is -0.327 e. The lowest BCUT2D eigenvalue weighted by molar-refractivity contribution is 0.603. The van der Waals surface area contributed by atoms with Gasteiger partial charge in [0.05, 0.1) is 5.69 Å². The average molecular weight is 284 g/mol. The monoisotopic (exact) mass is 284 g/mol. The zero-order valence-electron chi connectivity index (χ0n) is 9.64. The molecule has 0 bridgehead atoms. The first-order chi connectivity index (χ1) is 8.51. The van der Waals surface area contributed by atoms with Gasteiger partial charge in [0, 0.05) is 17.1 Å². The van der Waals surface area contributed by atoms with Crippen LogP contribution in [0.15, 0.2) is 39.5 Å². The maximum atomic E-state index is 12.0. The summed E-state index contributed by atoms with van der Waals surface area (Å²) in [6.07, 6.45) is 2.13. The Bertz CT molecular complexity index is 681. The molecule has 2 heterocycles. The summed E-state index contributed by atoms with van der Waals surface area (Å²) in [5, 5.41) is 0. The van der Waals surface area contributed by atoms with E-state index < -0.39 is 10.0 Å². The zero-order valence-corrected chi connectivity index (χ0v) is 11.3. The van der Waals surface area contributed by atoms with Crippen LogP contribution < -0.4 is 10.3 Å². The van der Waals surface area contributed by atoms with Crippen LogP contribution in [0.3, 0.4) is 0 Å². The Kier molecular flexibility index (Phi) is 3.53. The number of hydrogen-bond acceptors (Lipinski definition) is 4. The van der Waals surface area contributed by atoms with E-state index in [1.807, 2.05) is 6.92 Å². The Morgan fingerprint density at radius 1 is 1.28 bits per heavy atom. The molecule has 2 aromatic heterocycles.